The average molecular weight is 474 g/mol. The molecule has 0 atom stereocenters. The molecule has 1 amide bonds. The Morgan fingerprint density at radius 1 is 0.969 bits per heavy atom. The van der Waals surface area contributed by atoms with E-state index >= 15 is 0 Å². The van der Waals surface area contributed by atoms with Crippen molar-refractivity contribution in [2.24, 2.45) is 0 Å². The summed E-state index contributed by atoms with van der Waals surface area (Å²) in [6.07, 6.45) is 2.53. The lowest BCUT2D eigenvalue weighted by Gasteiger charge is -2.14. The molecule has 0 bridgehead atoms. The molecule has 1 aliphatic rings. The molecule has 2 aromatic carbocycles. The van der Waals surface area contributed by atoms with Gasteiger partial charge in [0, 0.05) is 13.0 Å². The molecule has 3 rings (SSSR count). The van der Waals surface area contributed by atoms with Crippen LogP contribution in [0.5, 0.6) is 23.0 Å². The maximum atomic E-state index is 12.4. The molecule has 1 saturated heterocycles. The average Bonchev–Trinajstić information content (AvgIpc) is 3.07. The molecule has 2 aromatic rings. The summed E-state index contributed by atoms with van der Waals surface area (Å²) in [7, 11) is 1.62. The smallest absolute Gasteiger partial charge is 0.266 e. The Morgan fingerprint density at radius 3 is 2.28 bits per heavy atom. The number of carbonyl (C=O) groups is 1. The van der Waals surface area contributed by atoms with Crippen LogP contribution in [-0.4, -0.2) is 48.6 Å². The van der Waals surface area contributed by atoms with Gasteiger partial charge in [0.05, 0.1) is 31.8 Å². The number of likely N-dealkylation sites (N-methyl/N-ethyl adjacent to an activating group) is 1. The number of ether oxygens (including phenoxy) is 4. The molecule has 6 nitrogen and oxygen atoms in total. The van der Waals surface area contributed by atoms with E-state index in [0.29, 0.717) is 65.0 Å². The van der Waals surface area contributed by atoms with Crippen LogP contribution in [0.15, 0.2) is 47.4 Å². The quantitative estimate of drug-likeness (QED) is 0.254. The van der Waals surface area contributed by atoms with Crippen LogP contribution in [0, 0.1) is 0 Å². The molecule has 0 aromatic heterocycles. The highest BCUT2D eigenvalue weighted by Crippen LogP contribution is 2.35. The first-order chi connectivity index (χ1) is 15.6. The molecule has 1 aliphatic heterocycles. The van der Waals surface area contributed by atoms with Crippen molar-refractivity contribution in [2.45, 2.75) is 20.3 Å². The number of methoxy groups -OCH3 is 1. The summed E-state index contributed by atoms with van der Waals surface area (Å²) in [4.78, 5) is 14.7. The highest BCUT2D eigenvalue weighted by Gasteiger charge is 2.30. The van der Waals surface area contributed by atoms with Gasteiger partial charge in [0.2, 0.25) is 0 Å². The number of hydrogen-bond donors (Lipinski definition) is 0. The zero-order valence-electron chi connectivity index (χ0n) is 18.5. The van der Waals surface area contributed by atoms with Gasteiger partial charge in [0.1, 0.15) is 4.32 Å². The lowest BCUT2D eigenvalue weighted by Crippen LogP contribution is -2.27. The molecule has 8 heteroatoms. The van der Waals surface area contributed by atoms with E-state index in [4.69, 9.17) is 31.2 Å². The topological polar surface area (TPSA) is 57.2 Å². The van der Waals surface area contributed by atoms with Gasteiger partial charge in [-0.15, -0.1) is 0 Å². The Labute approximate surface area is 198 Å². The largest absolute Gasteiger partial charge is 0.493 e. The van der Waals surface area contributed by atoms with Gasteiger partial charge in [0.15, 0.2) is 23.0 Å². The zero-order chi connectivity index (χ0) is 22.9. The van der Waals surface area contributed by atoms with Gasteiger partial charge in [-0.1, -0.05) is 42.2 Å². The zero-order valence-corrected chi connectivity index (χ0v) is 20.1. The van der Waals surface area contributed by atoms with Gasteiger partial charge in [-0.2, -0.15) is 0 Å². The third-order valence-corrected chi connectivity index (χ3v) is 6.01. The minimum atomic E-state index is -0.0594. The summed E-state index contributed by atoms with van der Waals surface area (Å²) < 4.78 is 23.3. The van der Waals surface area contributed by atoms with Crippen molar-refractivity contribution in [3.63, 3.8) is 0 Å². The number of nitrogens with zero attached hydrogens (tertiary/aromatic N) is 1. The number of hydrogen-bond acceptors (Lipinski definition) is 7. The first-order valence-corrected chi connectivity index (χ1v) is 11.7. The van der Waals surface area contributed by atoms with Crippen molar-refractivity contribution in [3.8, 4) is 23.0 Å². The molecule has 1 heterocycles. The van der Waals surface area contributed by atoms with Gasteiger partial charge >= 0.3 is 0 Å². The first-order valence-electron chi connectivity index (χ1n) is 10.5. The lowest BCUT2D eigenvalue weighted by atomic mass is 10.2. The number of para-hydroxylation sites is 2. The van der Waals surface area contributed by atoms with E-state index in [1.165, 1.54) is 11.8 Å². The summed E-state index contributed by atoms with van der Waals surface area (Å²) >= 11 is 6.60. The molecule has 170 valence electrons. The SMILES string of the molecule is CCOc1cc(/C=C2/SC(=S)N(CC)C2=O)ccc1OCCCOc1ccccc1OC. The van der Waals surface area contributed by atoms with E-state index in [0.717, 1.165) is 5.56 Å². The van der Waals surface area contributed by atoms with Crippen molar-refractivity contribution in [3.05, 3.63) is 52.9 Å². The predicted molar refractivity (Wildman–Crippen MR) is 132 cm³/mol. The second-order valence-electron chi connectivity index (χ2n) is 6.77. The van der Waals surface area contributed by atoms with Crippen LogP contribution in [0.1, 0.15) is 25.8 Å². The number of carbonyl (C=O) groups excluding carboxylic acids is 1. The maximum absolute atomic E-state index is 12.4. The van der Waals surface area contributed by atoms with Crippen molar-refractivity contribution in [1.82, 2.24) is 4.90 Å². The van der Waals surface area contributed by atoms with Crippen molar-refractivity contribution >= 4 is 40.3 Å². The molecule has 32 heavy (non-hydrogen) atoms. The maximum Gasteiger partial charge on any atom is 0.266 e. The van der Waals surface area contributed by atoms with Crippen LogP contribution in [0.4, 0.5) is 0 Å². The van der Waals surface area contributed by atoms with Crippen molar-refractivity contribution < 1.29 is 23.7 Å². The second-order valence-corrected chi connectivity index (χ2v) is 8.44. The van der Waals surface area contributed by atoms with E-state index < -0.39 is 0 Å². The van der Waals surface area contributed by atoms with E-state index in [9.17, 15) is 4.79 Å². The molecule has 0 radical (unpaired) electrons. The highest BCUT2D eigenvalue weighted by molar-refractivity contribution is 8.26. The third-order valence-electron chi connectivity index (χ3n) is 4.63. The Kier molecular flexibility index (Phi) is 8.81. The number of thiocarbonyl (C=S) groups is 1. The molecule has 1 fully saturated rings. The molecule has 0 spiro atoms. The molecule has 0 saturated carbocycles. The fourth-order valence-electron chi connectivity index (χ4n) is 3.09. The highest BCUT2D eigenvalue weighted by atomic mass is 32.2. The summed E-state index contributed by atoms with van der Waals surface area (Å²) in [6, 6.07) is 13.2. The lowest BCUT2D eigenvalue weighted by molar-refractivity contribution is -0.121. The molecule has 0 N–H and O–H groups in total. The molecule has 0 unspecified atom stereocenters. The summed E-state index contributed by atoms with van der Waals surface area (Å²) in [5, 5.41) is 0. The Morgan fingerprint density at radius 2 is 1.66 bits per heavy atom. The Hall–Kier alpha value is -2.71. The van der Waals surface area contributed by atoms with Gasteiger partial charge in [-0.05, 0) is 49.8 Å². The summed E-state index contributed by atoms with van der Waals surface area (Å²) in [5.74, 6) is 2.65. The van der Waals surface area contributed by atoms with Gasteiger partial charge in [-0.25, -0.2) is 0 Å². The standard InChI is InChI=1S/C24H27NO5S2/c1-4-25-23(26)22(32-24(25)31)16-17-11-12-20(21(15-17)28-5-2)30-14-8-13-29-19-10-7-6-9-18(19)27-3/h6-7,9-12,15-16H,4-5,8,13-14H2,1-3H3/b22-16+. The van der Waals surface area contributed by atoms with Crippen LogP contribution in [0.3, 0.4) is 0 Å². The summed E-state index contributed by atoms with van der Waals surface area (Å²) in [6.45, 7) is 5.89. The van der Waals surface area contributed by atoms with Crippen LogP contribution in [0.25, 0.3) is 6.08 Å². The minimum Gasteiger partial charge on any atom is -0.493 e. The number of thioether (sulfide) groups is 1. The number of rotatable bonds is 11. The number of amides is 1. The Balaban J connectivity index is 1.59. The van der Waals surface area contributed by atoms with Crippen LogP contribution in [0.2, 0.25) is 0 Å². The van der Waals surface area contributed by atoms with Gasteiger partial charge < -0.3 is 18.9 Å². The Bertz CT molecular complexity index is 992. The molecular formula is C24H27NO5S2. The van der Waals surface area contributed by atoms with E-state index in [1.807, 2.05) is 62.4 Å². The molecular weight excluding hydrogens is 446 g/mol. The summed E-state index contributed by atoms with van der Waals surface area (Å²) in [5.41, 5.74) is 0.858. The van der Waals surface area contributed by atoms with Crippen molar-refractivity contribution in [2.75, 3.05) is 33.5 Å². The monoisotopic (exact) mass is 473 g/mol. The van der Waals surface area contributed by atoms with Gasteiger partial charge in [0.25, 0.3) is 5.91 Å². The fourth-order valence-corrected chi connectivity index (χ4v) is 4.47. The fraction of sp³-hybridized carbons (Fsp3) is 0.333. The third kappa shape index (κ3) is 5.95. The van der Waals surface area contributed by atoms with Crippen LogP contribution >= 0.6 is 24.0 Å². The van der Waals surface area contributed by atoms with Crippen LogP contribution in [-0.2, 0) is 4.79 Å². The van der Waals surface area contributed by atoms with E-state index in [-0.39, 0.29) is 5.91 Å². The first kappa shape index (κ1) is 23.9. The van der Waals surface area contributed by atoms with E-state index in [1.54, 1.807) is 12.0 Å². The van der Waals surface area contributed by atoms with E-state index in [2.05, 4.69) is 0 Å². The van der Waals surface area contributed by atoms with Gasteiger partial charge in [-0.3, -0.25) is 9.69 Å². The number of benzene rings is 2. The second kappa shape index (κ2) is 11.8. The van der Waals surface area contributed by atoms with Crippen LogP contribution < -0.4 is 18.9 Å². The van der Waals surface area contributed by atoms with Crippen molar-refractivity contribution in [1.29, 1.82) is 0 Å². The predicted octanol–water partition coefficient (Wildman–Crippen LogP) is 5.16. The molecule has 0 aliphatic carbocycles. The minimum absolute atomic E-state index is 0.0594. The normalized spacial score (nSPS) is 14.7.